The van der Waals surface area contributed by atoms with Gasteiger partial charge in [-0.15, -0.1) is 4.83 Å². The van der Waals surface area contributed by atoms with Gasteiger partial charge >= 0.3 is 6.09 Å². The molecule has 0 aromatic heterocycles. The zero-order valence-electron chi connectivity index (χ0n) is 24.2. The topological polar surface area (TPSA) is 136 Å². The number of sulfonamides is 1. The van der Waals surface area contributed by atoms with E-state index in [-0.39, 0.29) is 47.5 Å². The van der Waals surface area contributed by atoms with Gasteiger partial charge in [0.1, 0.15) is 11.9 Å². The largest absolute Gasteiger partial charge is 0.497 e. The number of hydrogen-bond acceptors (Lipinski definition) is 9. The van der Waals surface area contributed by atoms with Crippen LogP contribution >= 0.6 is 0 Å². The second kappa shape index (κ2) is 13.3. The van der Waals surface area contributed by atoms with E-state index in [0.717, 1.165) is 12.0 Å². The van der Waals surface area contributed by atoms with Crippen LogP contribution in [0.2, 0.25) is 0 Å². The summed E-state index contributed by atoms with van der Waals surface area (Å²) in [5.41, 5.74) is 0.910. The molecule has 2 aromatic rings. The summed E-state index contributed by atoms with van der Waals surface area (Å²) in [5, 5.41) is 15.8. The molecule has 2 aliphatic heterocycles. The molecular weight excluding hydrogens is 562 g/mol. The molecular formula is C30H41N3O8S. The number of benzene rings is 2. The molecule has 1 amide bonds. The van der Waals surface area contributed by atoms with E-state index in [4.69, 9.17) is 18.9 Å². The van der Waals surface area contributed by atoms with Crippen molar-refractivity contribution in [2.24, 2.45) is 23.7 Å². The lowest BCUT2D eigenvalue weighted by atomic mass is 9.98. The first-order chi connectivity index (χ1) is 20.1. The lowest BCUT2D eigenvalue weighted by Gasteiger charge is -2.32. The predicted octanol–water partition coefficient (Wildman–Crippen LogP) is 2.55. The summed E-state index contributed by atoms with van der Waals surface area (Å²) in [4.78, 5) is 15.9. The molecule has 1 aliphatic carbocycles. The van der Waals surface area contributed by atoms with E-state index in [9.17, 15) is 18.3 Å². The van der Waals surface area contributed by atoms with Crippen LogP contribution < -0.4 is 14.9 Å². The number of aliphatic hydroxyl groups excluding tert-OH is 1. The first-order valence-electron chi connectivity index (χ1n) is 14.5. The fourth-order valence-corrected chi connectivity index (χ4v) is 7.32. The molecule has 3 aliphatic rings. The Labute approximate surface area is 247 Å². The minimum Gasteiger partial charge on any atom is -0.497 e. The molecule has 2 saturated heterocycles. The van der Waals surface area contributed by atoms with Crippen molar-refractivity contribution in [1.82, 2.24) is 15.2 Å². The molecule has 11 nitrogen and oxygen atoms in total. The first-order valence-corrected chi connectivity index (χ1v) is 15.9. The highest BCUT2D eigenvalue weighted by Crippen LogP contribution is 2.49. The third-order valence-electron chi connectivity index (χ3n) is 8.21. The average molecular weight is 604 g/mol. The van der Waals surface area contributed by atoms with Crippen LogP contribution in [0.3, 0.4) is 0 Å². The number of nitrogens with one attached hydrogen (secondary N) is 2. The maximum atomic E-state index is 13.2. The molecule has 3 N–H and O–H groups in total. The van der Waals surface area contributed by atoms with Gasteiger partial charge in [0.25, 0.3) is 10.0 Å². The molecule has 5 rings (SSSR count). The van der Waals surface area contributed by atoms with Crippen molar-refractivity contribution in [3.63, 3.8) is 0 Å². The number of carbonyl (C=O) groups is 1. The maximum Gasteiger partial charge on any atom is 0.407 e. The van der Waals surface area contributed by atoms with Gasteiger partial charge in [-0.1, -0.05) is 44.2 Å². The number of carbonyl (C=O) groups excluding carboxylic acids is 1. The maximum absolute atomic E-state index is 13.2. The van der Waals surface area contributed by atoms with Crippen LogP contribution in [0.5, 0.6) is 5.75 Å². The van der Waals surface area contributed by atoms with E-state index in [0.29, 0.717) is 31.9 Å². The van der Waals surface area contributed by atoms with Crippen LogP contribution in [-0.2, 0) is 30.7 Å². The second-order valence-electron chi connectivity index (χ2n) is 11.8. The Morgan fingerprint density at radius 2 is 1.76 bits per heavy atom. The van der Waals surface area contributed by atoms with Crippen molar-refractivity contribution in [3.8, 4) is 5.75 Å². The van der Waals surface area contributed by atoms with Crippen molar-refractivity contribution < 1.29 is 37.3 Å². The van der Waals surface area contributed by atoms with Gasteiger partial charge in [-0.25, -0.2) is 18.2 Å². The number of rotatable bonds is 13. The third kappa shape index (κ3) is 7.24. The third-order valence-corrected chi connectivity index (χ3v) is 9.60. The Morgan fingerprint density at radius 1 is 1.05 bits per heavy atom. The van der Waals surface area contributed by atoms with E-state index in [2.05, 4.69) is 10.1 Å². The van der Waals surface area contributed by atoms with E-state index in [1.807, 2.05) is 44.2 Å². The van der Waals surface area contributed by atoms with Crippen molar-refractivity contribution in [1.29, 1.82) is 0 Å². The SMILES string of the molecule is COc1ccc(S(=O)(=O)NN(CC(C)C)C[C@@H](O)[C@H](Cc2ccccc2)NC(=O)OC2C3COC4OCC2C4C3)cc1. The molecule has 5 unspecified atom stereocenters. The fourth-order valence-electron chi connectivity index (χ4n) is 6.23. The van der Waals surface area contributed by atoms with Gasteiger partial charge in [-0.3, -0.25) is 0 Å². The van der Waals surface area contributed by atoms with E-state index >= 15 is 0 Å². The van der Waals surface area contributed by atoms with Gasteiger partial charge in [0.05, 0.1) is 37.4 Å². The molecule has 42 heavy (non-hydrogen) atoms. The van der Waals surface area contributed by atoms with Crippen LogP contribution in [0.4, 0.5) is 4.79 Å². The molecule has 7 atom stereocenters. The lowest BCUT2D eigenvalue weighted by molar-refractivity contribution is -0.169. The monoisotopic (exact) mass is 603 g/mol. The second-order valence-corrected chi connectivity index (χ2v) is 13.5. The van der Waals surface area contributed by atoms with Crippen molar-refractivity contribution in [3.05, 3.63) is 60.2 Å². The van der Waals surface area contributed by atoms with Crippen LogP contribution in [0.25, 0.3) is 0 Å². The lowest BCUT2D eigenvalue weighted by Crippen LogP contribution is -2.54. The molecule has 230 valence electrons. The number of nitrogens with zero attached hydrogens (tertiary/aromatic N) is 1. The number of hydrogen-bond donors (Lipinski definition) is 3. The fraction of sp³-hybridized carbons (Fsp3) is 0.567. The molecule has 2 aromatic carbocycles. The number of aliphatic hydroxyl groups is 1. The Morgan fingerprint density at radius 3 is 2.45 bits per heavy atom. The summed E-state index contributed by atoms with van der Waals surface area (Å²) in [6.07, 6.45) is -1.05. The quantitative estimate of drug-likeness (QED) is 0.295. The highest BCUT2D eigenvalue weighted by molar-refractivity contribution is 7.89. The summed E-state index contributed by atoms with van der Waals surface area (Å²) in [7, 11) is -2.43. The summed E-state index contributed by atoms with van der Waals surface area (Å²) in [6.45, 7) is 5.17. The van der Waals surface area contributed by atoms with Gasteiger partial charge in [0.15, 0.2) is 6.29 Å². The smallest absolute Gasteiger partial charge is 0.407 e. The number of methoxy groups -OCH3 is 1. The van der Waals surface area contributed by atoms with Gasteiger partial charge in [-0.05, 0) is 48.6 Å². The number of fused-ring (bicyclic) bond motifs is 1. The Balaban J connectivity index is 1.28. The highest BCUT2D eigenvalue weighted by atomic mass is 32.2. The van der Waals surface area contributed by atoms with Crippen LogP contribution in [0.15, 0.2) is 59.5 Å². The van der Waals surface area contributed by atoms with Crippen molar-refractivity contribution >= 4 is 16.1 Å². The zero-order chi connectivity index (χ0) is 29.9. The molecule has 3 fully saturated rings. The Kier molecular flexibility index (Phi) is 9.70. The van der Waals surface area contributed by atoms with E-state index in [1.165, 1.54) is 24.3 Å². The van der Waals surface area contributed by atoms with Crippen LogP contribution in [0.1, 0.15) is 25.8 Å². The minimum absolute atomic E-state index is 0.0640. The van der Waals surface area contributed by atoms with Gasteiger partial charge < -0.3 is 29.4 Å². The summed E-state index contributed by atoms with van der Waals surface area (Å²) >= 11 is 0. The van der Waals surface area contributed by atoms with Gasteiger partial charge in [0.2, 0.25) is 0 Å². The molecule has 2 heterocycles. The molecule has 0 spiro atoms. The van der Waals surface area contributed by atoms with Crippen molar-refractivity contribution in [2.75, 3.05) is 33.4 Å². The minimum atomic E-state index is -3.94. The molecule has 1 saturated carbocycles. The number of amides is 1. The summed E-state index contributed by atoms with van der Waals surface area (Å²) in [6, 6.07) is 14.8. The highest BCUT2D eigenvalue weighted by Gasteiger charge is 2.56. The number of ether oxygens (including phenoxy) is 4. The number of alkyl carbamates (subject to hydrolysis) is 1. The summed E-state index contributed by atoms with van der Waals surface area (Å²) < 4.78 is 49.0. The van der Waals surface area contributed by atoms with Gasteiger partial charge in [-0.2, -0.15) is 0 Å². The van der Waals surface area contributed by atoms with E-state index in [1.54, 1.807) is 12.1 Å². The Bertz CT molecular complexity index is 1290. The standard InChI is InChI=1S/C30H41N3O8S/c1-19(2)15-33(32-42(36,37)23-11-9-22(38-3)10-12-23)16-27(34)26(13-20-7-5-4-6-8-20)31-30(35)41-28-21-14-24-25(28)18-40-29(24)39-17-21/h4-12,19,21,24-29,32,34H,13-18H2,1-3H3,(H,31,35)/t21?,24?,25?,26-,27+,28?,29?/m0/s1. The first kappa shape index (κ1) is 30.7. The van der Waals surface area contributed by atoms with Crippen LogP contribution in [0, 0.1) is 23.7 Å². The summed E-state index contributed by atoms with van der Waals surface area (Å²) in [5.74, 6) is 1.08. The zero-order valence-corrected chi connectivity index (χ0v) is 25.0. The Hall–Kier alpha value is -2.74. The van der Waals surface area contributed by atoms with E-state index < -0.39 is 28.3 Å². The molecule has 2 bridgehead atoms. The molecule has 12 heteroatoms. The average Bonchev–Trinajstić information content (AvgIpc) is 3.49. The normalized spacial score (nSPS) is 26.3. The predicted molar refractivity (Wildman–Crippen MR) is 154 cm³/mol. The number of hydrazine groups is 1. The van der Waals surface area contributed by atoms with Crippen molar-refractivity contribution in [2.45, 2.75) is 56.1 Å². The van der Waals surface area contributed by atoms with Gasteiger partial charge in [0, 0.05) is 30.8 Å². The molecule has 0 radical (unpaired) electrons. The van der Waals surface area contributed by atoms with Crippen LogP contribution in [-0.4, -0.2) is 82.6 Å².